The Kier molecular flexibility index (Phi) is 5.96. The summed E-state index contributed by atoms with van der Waals surface area (Å²) in [6, 6.07) is 7.37. The normalized spacial score (nSPS) is 22.1. The quantitative estimate of drug-likeness (QED) is 0.883. The van der Waals surface area contributed by atoms with Crippen molar-refractivity contribution in [3.05, 3.63) is 34.9 Å². The Morgan fingerprint density at radius 2 is 2.19 bits per heavy atom. The van der Waals surface area contributed by atoms with Crippen LogP contribution in [0, 0.1) is 0 Å². The van der Waals surface area contributed by atoms with E-state index in [1.165, 1.54) is 6.26 Å². The zero-order chi connectivity index (χ0) is 15.5. The first-order valence-electron chi connectivity index (χ1n) is 6.90. The van der Waals surface area contributed by atoms with Crippen molar-refractivity contribution in [2.75, 3.05) is 30.9 Å². The van der Waals surface area contributed by atoms with Gasteiger partial charge in [-0.2, -0.15) is 11.8 Å². The molecule has 1 saturated heterocycles. The minimum absolute atomic E-state index is 0.173. The number of thioether (sulfide) groups is 1. The SMILES string of the molecule is CS(=O)(=O)C1CSCCN1CCC(N)c1ccccc1Cl. The molecule has 0 aliphatic carbocycles. The molecule has 0 saturated carbocycles. The fourth-order valence-corrected chi connectivity index (χ4v) is 5.75. The predicted molar refractivity (Wildman–Crippen MR) is 90.5 cm³/mol. The van der Waals surface area contributed by atoms with E-state index in [1.807, 2.05) is 29.2 Å². The highest BCUT2D eigenvalue weighted by Gasteiger charge is 2.30. The molecule has 1 aliphatic rings. The molecule has 7 heteroatoms. The van der Waals surface area contributed by atoms with Crippen molar-refractivity contribution in [2.24, 2.45) is 5.73 Å². The van der Waals surface area contributed by atoms with Gasteiger partial charge in [0.15, 0.2) is 9.84 Å². The second-order valence-corrected chi connectivity index (χ2v) is 9.07. The first kappa shape index (κ1) is 17.1. The van der Waals surface area contributed by atoms with E-state index in [4.69, 9.17) is 17.3 Å². The lowest BCUT2D eigenvalue weighted by Gasteiger charge is -2.34. The van der Waals surface area contributed by atoms with Crippen LogP contribution in [0.1, 0.15) is 18.0 Å². The summed E-state index contributed by atoms with van der Waals surface area (Å²) in [5.74, 6) is 1.60. The van der Waals surface area contributed by atoms with Crippen LogP contribution in [0.4, 0.5) is 0 Å². The first-order chi connectivity index (χ1) is 9.89. The van der Waals surface area contributed by atoms with Crippen LogP contribution in [0.15, 0.2) is 24.3 Å². The summed E-state index contributed by atoms with van der Waals surface area (Å²) < 4.78 is 23.7. The van der Waals surface area contributed by atoms with Gasteiger partial charge >= 0.3 is 0 Å². The van der Waals surface area contributed by atoms with Gasteiger partial charge in [0.05, 0.1) is 0 Å². The fraction of sp³-hybridized carbons (Fsp3) is 0.571. The van der Waals surface area contributed by atoms with Gasteiger partial charge < -0.3 is 5.73 Å². The lowest BCUT2D eigenvalue weighted by Crippen LogP contribution is -2.47. The molecule has 1 fully saturated rings. The van der Waals surface area contributed by atoms with Crippen LogP contribution in [-0.2, 0) is 9.84 Å². The van der Waals surface area contributed by atoms with E-state index in [1.54, 1.807) is 11.8 Å². The van der Waals surface area contributed by atoms with E-state index in [9.17, 15) is 8.42 Å². The molecule has 2 N–H and O–H groups in total. The molecule has 2 rings (SSSR count). The van der Waals surface area contributed by atoms with Gasteiger partial charge in [0.1, 0.15) is 5.37 Å². The third kappa shape index (κ3) is 4.60. The smallest absolute Gasteiger partial charge is 0.164 e. The summed E-state index contributed by atoms with van der Waals surface area (Å²) in [5, 5.41) is 0.272. The number of nitrogens with zero attached hydrogens (tertiary/aromatic N) is 1. The van der Waals surface area contributed by atoms with Crippen molar-refractivity contribution >= 4 is 33.2 Å². The van der Waals surface area contributed by atoms with Crippen LogP contribution in [0.5, 0.6) is 0 Å². The lowest BCUT2D eigenvalue weighted by atomic mass is 10.0. The zero-order valence-corrected chi connectivity index (χ0v) is 14.4. The molecule has 4 nitrogen and oxygen atoms in total. The number of benzene rings is 1. The van der Waals surface area contributed by atoms with Crippen molar-refractivity contribution in [2.45, 2.75) is 17.8 Å². The average Bonchev–Trinajstić information content (AvgIpc) is 2.44. The van der Waals surface area contributed by atoms with Crippen LogP contribution in [0.25, 0.3) is 0 Å². The minimum atomic E-state index is -3.06. The maximum Gasteiger partial charge on any atom is 0.164 e. The van der Waals surface area contributed by atoms with E-state index in [0.29, 0.717) is 23.7 Å². The van der Waals surface area contributed by atoms with E-state index in [0.717, 1.165) is 17.9 Å². The summed E-state index contributed by atoms with van der Waals surface area (Å²) in [5.41, 5.74) is 7.12. The molecule has 0 amide bonds. The molecule has 0 spiro atoms. The fourth-order valence-electron chi connectivity index (χ4n) is 2.50. The second kappa shape index (κ2) is 7.33. The molecule has 1 aromatic carbocycles. The van der Waals surface area contributed by atoms with E-state index >= 15 is 0 Å². The average molecular weight is 349 g/mol. The van der Waals surface area contributed by atoms with Gasteiger partial charge in [-0.3, -0.25) is 4.90 Å². The van der Waals surface area contributed by atoms with Crippen molar-refractivity contribution in [3.63, 3.8) is 0 Å². The van der Waals surface area contributed by atoms with Crippen LogP contribution >= 0.6 is 23.4 Å². The highest BCUT2D eigenvalue weighted by Crippen LogP contribution is 2.25. The van der Waals surface area contributed by atoms with Crippen molar-refractivity contribution < 1.29 is 8.42 Å². The number of hydrogen-bond acceptors (Lipinski definition) is 5. The van der Waals surface area contributed by atoms with E-state index < -0.39 is 15.2 Å². The maximum atomic E-state index is 11.9. The van der Waals surface area contributed by atoms with Gasteiger partial charge in [0.2, 0.25) is 0 Å². The topological polar surface area (TPSA) is 63.4 Å². The molecule has 2 atom stereocenters. The molecule has 1 aliphatic heterocycles. The Morgan fingerprint density at radius 1 is 1.48 bits per heavy atom. The molecule has 0 radical (unpaired) electrons. The van der Waals surface area contributed by atoms with Crippen molar-refractivity contribution in [3.8, 4) is 0 Å². The number of nitrogens with two attached hydrogens (primary N) is 1. The van der Waals surface area contributed by atoms with Gasteiger partial charge in [-0.1, -0.05) is 29.8 Å². The number of rotatable bonds is 5. The number of hydrogen-bond donors (Lipinski definition) is 1. The Balaban J connectivity index is 1.99. The molecule has 21 heavy (non-hydrogen) atoms. The first-order valence-corrected chi connectivity index (χ1v) is 10.4. The van der Waals surface area contributed by atoms with Crippen molar-refractivity contribution in [1.82, 2.24) is 4.90 Å². The summed E-state index contributed by atoms with van der Waals surface area (Å²) in [6.07, 6.45) is 2.00. The van der Waals surface area contributed by atoms with Crippen LogP contribution < -0.4 is 5.73 Å². The molecular formula is C14H21ClN2O2S2. The molecule has 0 bridgehead atoms. The summed E-state index contributed by atoms with van der Waals surface area (Å²) in [7, 11) is -3.06. The Morgan fingerprint density at radius 3 is 2.86 bits per heavy atom. The zero-order valence-electron chi connectivity index (χ0n) is 12.0. The van der Waals surface area contributed by atoms with Crippen molar-refractivity contribution in [1.29, 1.82) is 0 Å². The van der Waals surface area contributed by atoms with E-state index in [-0.39, 0.29) is 6.04 Å². The molecule has 1 aromatic rings. The molecule has 1 heterocycles. The Hall–Kier alpha value is -0.270. The Bertz CT molecular complexity index is 580. The summed E-state index contributed by atoms with van der Waals surface area (Å²) >= 11 is 7.84. The predicted octanol–water partition coefficient (Wildman–Crippen LogP) is 2.15. The monoisotopic (exact) mass is 348 g/mol. The number of sulfone groups is 1. The van der Waals surface area contributed by atoms with Gasteiger partial charge in [-0.15, -0.1) is 0 Å². The van der Waals surface area contributed by atoms with Crippen LogP contribution in [-0.4, -0.2) is 49.5 Å². The third-order valence-corrected chi connectivity index (χ3v) is 6.75. The minimum Gasteiger partial charge on any atom is -0.324 e. The van der Waals surface area contributed by atoms with Gasteiger partial charge in [-0.05, 0) is 18.1 Å². The Labute approximate surface area is 135 Å². The summed E-state index contributed by atoms with van der Waals surface area (Å²) in [6.45, 7) is 1.46. The van der Waals surface area contributed by atoms with Gasteiger partial charge in [0.25, 0.3) is 0 Å². The molecule has 118 valence electrons. The van der Waals surface area contributed by atoms with Crippen LogP contribution in [0.2, 0.25) is 5.02 Å². The largest absolute Gasteiger partial charge is 0.324 e. The second-order valence-electron chi connectivity index (χ2n) is 5.31. The molecule has 0 aromatic heterocycles. The molecule has 2 unspecified atom stereocenters. The number of halogens is 1. The van der Waals surface area contributed by atoms with Crippen LogP contribution in [0.3, 0.4) is 0 Å². The lowest BCUT2D eigenvalue weighted by molar-refractivity contribution is 0.260. The molecular weight excluding hydrogens is 328 g/mol. The maximum absolute atomic E-state index is 11.9. The highest BCUT2D eigenvalue weighted by atomic mass is 35.5. The summed E-state index contributed by atoms with van der Waals surface area (Å²) in [4.78, 5) is 2.03. The van der Waals surface area contributed by atoms with E-state index in [2.05, 4.69) is 0 Å². The van der Waals surface area contributed by atoms with Gasteiger partial charge in [0, 0.05) is 41.9 Å². The third-order valence-electron chi connectivity index (χ3n) is 3.72. The highest BCUT2D eigenvalue weighted by molar-refractivity contribution is 8.00. The van der Waals surface area contributed by atoms with Gasteiger partial charge in [-0.25, -0.2) is 8.42 Å². The standard InChI is InChI=1S/C14H21ClN2O2S2/c1-21(18,19)14-10-20-9-8-17(14)7-6-13(16)11-4-2-3-5-12(11)15/h2-5,13-14H,6-10,16H2,1H3.